The minimum Gasteiger partial charge on any atom is -0.333 e. The largest absolute Gasteiger partial charge is 0.333 e. The van der Waals surface area contributed by atoms with Crippen molar-refractivity contribution in [2.75, 3.05) is 5.32 Å². The molecule has 5 aromatic rings. The molecule has 0 bridgehead atoms. The third-order valence-corrected chi connectivity index (χ3v) is 7.01. The van der Waals surface area contributed by atoms with Crippen LogP contribution in [0.25, 0.3) is 32.4 Å². The summed E-state index contributed by atoms with van der Waals surface area (Å²) in [4.78, 5) is 36.2. The van der Waals surface area contributed by atoms with Crippen molar-refractivity contribution in [3.8, 4) is 22.2 Å². The van der Waals surface area contributed by atoms with E-state index in [0.717, 1.165) is 27.9 Å². The molecule has 0 atom stereocenters. The van der Waals surface area contributed by atoms with E-state index >= 15 is 0 Å². The normalized spacial score (nSPS) is 11.2. The van der Waals surface area contributed by atoms with Gasteiger partial charge < -0.3 is 9.84 Å². The highest BCUT2D eigenvalue weighted by Gasteiger charge is 2.21. The van der Waals surface area contributed by atoms with Crippen LogP contribution in [0, 0.1) is 27.7 Å². The van der Waals surface area contributed by atoms with Crippen LogP contribution in [0.1, 0.15) is 22.3 Å². The topological polar surface area (TPSA) is 103 Å². The van der Waals surface area contributed by atoms with Gasteiger partial charge in [-0.3, -0.25) is 14.2 Å². The van der Waals surface area contributed by atoms with Crippen LogP contribution in [0.3, 0.4) is 0 Å². The predicted octanol–water partition coefficient (Wildman–Crippen LogP) is 5.05. The Morgan fingerprint density at radius 3 is 2.51 bits per heavy atom. The Bertz CT molecular complexity index is 1610. The number of hydrogen-bond acceptors (Lipinski definition) is 7. The number of thiophene rings is 1. The molecule has 0 saturated heterocycles. The molecular weight excluding hydrogens is 462 g/mol. The molecule has 1 amide bonds. The lowest BCUT2D eigenvalue weighted by molar-refractivity contribution is -0.116. The zero-order valence-corrected chi connectivity index (χ0v) is 20.6. The molecule has 0 radical (unpaired) electrons. The van der Waals surface area contributed by atoms with Crippen LogP contribution in [0.15, 0.2) is 58.1 Å². The third-order valence-electron chi connectivity index (χ3n) is 5.82. The van der Waals surface area contributed by atoms with Crippen molar-refractivity contribution >= 4 is 33.1 Å². The van der Waals surface area contributed by atoms with Gasteiger partial charge in [0.15, 0.2) is 0 Å². The summed E-state index contributed by atoms with van der Waals surface area (Å²) in [5.74, 6) is 0.514. The average Bonchev–Trinajstić information content (AvgIpc) is 3.44. The van der Waals surface area contributed by atoms with Crippen molar-refractivity contribution in [2.24, 2.45) is 0 Å². The van der Waals surface area contributed by atoms with E-state index in [9.17, 15) is 9.59 Å². The van der Waals surface area contributed by atoms with E-state index in [1.54, 1.807) is 0 Å². The Hall–Kier alpha value is -4.11. The van der Waals surface area contributed by atoms with Crippen LogP contribution in [-0.4, -0.2) is 25.6 Å². The fourth-order valence-electron chi connectivity index (χ4n) is 4.21. The van der Waals surface area contributed by atoms with Gasteiger partial charge in [-0.2, -0.15) is 4.98 Å². The highest BCUT2D eigenvalue weighted by molar-refractivity contribution is 7.22. The Morgan fingerprint density at radius 1 is 1.09 bits per heavy atom. The molecule has 0 aliphatic heterocycles. The van der Waals surface area contributed by atoms with E-state index in [1.165, 1.54) is 22.2 Å². The molecule has 3 aromatic heterocycles. The second-order valence-corrected chi connectivity index (χ2v) is 9.52. The molecule has 2 aromatic carbocycles. The van der Waals surface area contributed by atoms with Crippen LogP contribution in [-0.2, 0) is 11.3 Å². The molecular formula is C26H23N5O3S. The van der Waals surface area contributed by atoms with Gasteiger partial charge >= 0.3 is 0 Å². The first-order valence-corrected chi connectivity index (χ1v) is 11.9. The molecule has 0 unspecified atom stereocenters. The number of anilines is 1. The Kier molecular flexibility index (Phi) is 5.78. The number of aromatic nitrogens is 4. The molecule has 5 rings (SSSR count). The maximum absolute atomic E-state index is 13.3. The van der Waals surface area contributed by atoms with Crippen LogP contribution < -0.4 is 10.9 Å². The minimum atomic E-state index is -0.291. The van der Waals surface area contributed by atoms with E-state index in [-0.39, 0.29) is 18.0 Å². The molecule has 176 valence electrons. The SMILES string of the molecule is Cc1cc(C)c(NC(=O)Cn2cnc3sc(-c4nc(-c5ccccc5)no4)c(C)c3c2=O)c(C)c1. The number of nitrogens with one attached hydrogen (secondary N) is 1. The molecule has 0 aliphatic rings. The van der Waals surface area contributed by atoms with E-state index in [2.05, 4.69) is 20.4 Å². The number of carbonyl (C=O) groups excluding carboxylic acids is 1. The third kappa shape index (κ3) is 4.26. The molecule has 35 heavy (non-hydrogen) atoms. The molecule has 0 aliphatic carbocycles. The summed E-state index contributed by atoms with van der Waals surface area (Å²) < 4.78 is 6.82. The average molecular weight is 486 g/mol. The maximum Gasteiger partial charge on any atom is 0.268 e. The van der Waals surface area contributed by atoms with E-state index < -0.39 is 0 Å². The van der Waals surface area contributed by atoms with Crippen molar-refractivity contribution in [3.63, 3.8) is 0 Å². The number of nitrogens with zero attached hydrogens (tertiary/aromatic N) is 4. The van der Waals surface area contributed by atoms with Crippen molar-refractivity contribution in [1.82, 2.24) is 19.7 Å². The van der Waals surface area contributed by atoms with E-state index in [1.807, 2.05) is 70.2 Å². The van der Waals surface area contributed by atoms with Crippen molar-refractivity contribution in [1.29, 1.82) is 0 Å². The van der Waals surface area contributed by atoms with Gasteiger partial charge in [-0.1, -0.05) is 53.2 Å². The van der Waals surface area contributed by atoms with Gasteiger partial charge in [0.25, 0.3) is 11.4 Å². The molecule has 0 fully saturated rings. The van der Waals surface area contributed by atoms with Crippen LogP contribution in [0.2, 0.25) is 0 Å². The van der Waals surface area contributed by atoms with Crippen molar-refractivity contribution in [3.05, 3.63) is 81.4 Å². The van der Waals surface area contributed by atoms with Crippen molar-refractivity contribution in [2.45, 2.75) is 34.2 Å². The smallest absolute Gasteiger partial charge is 0.268 e. The quantitative estimate of drug-likeness (QED) is 0.374. The first kappa shape index (κ1) is 22.7. The number of rotatable bonds is 5. The molecule has 0 saturated carbocycles. The molecule has 9 heteroatoms. The second-order valence-electron chi connectivity index (χ2n) is 8.53. The number of benzene rings is 2. The summed E-state index contributed by atoms with van der Waals surface area (Å²) in [6.07, 6.45) is 1.40. The van der Waals surface area contributed by atoms with Crippen LogP contribution in [0.4, 0.5) is 5.69 Å². The van der Waals surface area contributed by atoms with Crippen LogP contribution >= 0.6 is 11.3 Å². The van der Waals surface area contributed by atoms with Gasteiger partial charge in [-0.25, -0.2) is 4.98 Å². The Balaban J connectivity index is 1.44. The highest BCUT2D eigenvalue weighted by atomic mass is 32.1. The van der Waals surface area contributed by atoms with Gasteiger partial charge in [0.1, 0.15) is 11.4 Å². The molecule has 8 nitrogen and oxygen atoms in total. The lowest BCUT2D eigenvalue weighted by Gasteiger charge is -2.13. The number of hydrogen-bond donors (Lipinski definition) is 1. The van der Waals surface area contributed by atoms with Gasteiger partial charge in [-0.05, 0) is 44.4 Å². The maximum atomic E-state index is 13.3. The van der Waals surface area contributed by atoms with Gasteiger partial charge in [0.2, 0.25) is 11.7 Å². The van der Waals surface area contributed by atoms with E-state index in [0.29, 0.717) is 32.4 Å². The standard InChI is InChI=1S/C26H23N5O3S/c1-14-10-15(2)21(16(3)11-14)28-19(32)12-31-13-27-25-20(26(31)33)17(4)22(35-25)24-29-23(30-34-24)18-8-6-5-7-9-18/h5-11,13H,12H2,1-4H3,(H,28,32). The zero-order valence-electron chi connectivity index (χ0n) is 19.7. The number of fused-ring (bicyclic) bond motifs is 1. The summed E-state index contributed by atoms with van der Waals surface area (Å²) in [7, 11) is 0. The summed E-state index contributed by atoms with van der Waals surface area (Å²) in [5.41, 5.74) is 5.10. The molecule has 3 heterocycles. The van der Waals surface area contributed by atoms with Crippen molar-refractivity contribution < 1.29 is 9.32 Å². The lowest BCUT2D eigenvalue weighted by atomic mass is 10.1. The number of amides is 1. The number of carbonyl (C=O) groups is 1. The Labute approximate surface area is 205 Å². The summed E-state index contributed by atoms with van der Waals surface area (Å²) in [5, 5.41) is 7.46. The zero-order chi connectivity index (χ0) is 24.7. The second kappa shape index (κ2) is 8.92. The monoisotopic (exact) mass is 485 g/mol. The Morgan fingerprint density at radius 2 is 1.80 bits per heavy atom. The summed E-state index contributed by atoms with van der Waals surface area (Å²) in [6, 6.07) is 13.5. The lowest BCUT2D eigenvalue weighted by Crippen LogP contribution is -2.28. The summed E-state index contributed by atoms with van der Waals surface area (Å²) in [6.45, 7) is 7.60. The van der Waals surface area contributed by atoms with Gasteiger partial charge in [0.05, 0.1) is 16.6 Å². The fourth-order valence-corrected chi connectivity index (χ4v) is 5.27. The highest BCUT2D eigenvalue weighted by Crippen LogP contribution is 2.35. The first-order chi connectivity index (χ1) is 16.8. The minimum absolute atomic E-state index is 0.141. The van der Waals surface area contributed by atoms with Gasteiger partial charge in [0, 0.05) is 11.3 Å². The fraction of sp³-hybridized carbons (Fsp3) is 0.192. The molecule has 1 N–H and O–H groups in total. The predicted molar refractivity (Wildman–Crippen MR) is 137 cm³/mol. The summed E-state index contributed by atoms with van der Waals surface area (Å²) >= 11 is 1.31. The van der Waals surface area contributed by atoms with Gasteiger partial charge in [-0.15, -0.1) is 11.3 Å². The molecule has 0 spiro atoms. The number of aryl methyl sites for hydroxylation is 4. The van der Waals surface area contributed by atoms with Crippen LogP contribution in [0.5, 0.6) is 0 Å². The first-order valence-electron chi connectivity index (χ1n) is 11.1. The van der Waals surface area contributed by atoms with E-state index in [4.69, 9.17) is 4.52 Å².